The molecule has 0 aromatic heterocycles. The maximum absolute atomic E-state index is 3.85. The number of hydrogen-bond donors (Lipinski definition) is 0. The van der Waals surface area contributed by atoms with Crippen molar-refractivity contribution < 1.29 is 58.9 Å². The number of allylic oxidation sites excluding steroid dienone is 4. The van der Waals surface area contributed by atoms with E-state index in [0.29, 0.717) is 5.54 Å². The fourth-order valence-corrected chi connectivity index (χ4v) is 8.42. The van der Waals surface area contributed by atoms with Crippen LogP contribution in [0.1, 0.15) is 41.5 Å². The normalized spacial score (nSPS) is 21.6. The second kappa shape index (κ2) is 10.6. The fourth-order valence-electron chi connectivity index (χ4n) is 3.72. The molecule has 1 aliphatic carbocycles. The largest absolute Gasteiger partial charge is 4.00 e. The van der Waals surface area contributed by atoms with Gasteiger partial charge in [-0.25, -0.2) is 5.57 Å². The molecule has 0 bridgehead atoms. The average Bonchev–Trinajstić information content (AvgIpc) is 2.63. The van der Waals surface area contributed by atoms with Crippen LogP contribution in [0.4, 0.5) is 0 Å². The third kappa shape index (κ3) is 4.42. The standard InChI is InChI=1S/C19H27Si.3ClH.Ti/c1-14(2)20(7,18-11-9-8-10-12-18)19(6)13-15(3)16(4)17(19)5;;;;/h8-12,14H,1-7H3;3*1H;/q-1;;;;+4/p-3. The molecule has 1 aromatic carbocycles. The van der Waals surface area contributed by atoms with Gasteiger partial charge in [-0.1, -0.05) is 81.7 Å². The van der Waals surface area contributed by atoms with Crippen LogP contribution < -0.4 is 42.4 Å². The number of halogens is 3. The average molecular weight is 438 g/mol. The van der Waals surface area contributed by atoms with Gasteiger partial charge in [0.15, 0.2) is 0 Å². The van der Waals surface area contributed by atoms with Crippen LogP contribution in [0.2, 0.25) is 17.1 Å². The molecule has 0 heterocycles. The molecule has 24 heavy (non-hydrogen) atoms. The Bertz CT molecular complexity index is 584. The van der Waals surface area contributed by atoms with Gasteiger partial charge >= 0.3 is 21.7 Å². The van der Waals surface area contributed by atoms with Crippen LogP contribution in [0.3, 0.4) is 0 Å². The Morgan fingerprint density at radius 2 is 1.42 bits per heavy atom. The molecular weight excluding hydrogens is 411 g/mol. The summed E-state index contributed by atoms with van der Waals surface area (Å²) in [4.78, 5) is 0. The van der Waals surface area contributed by atoms with Crippen molar-refractivity contribution in [3.05, 3.63) is 53.1 Å². The van der Waals surface area contributed by atoms with Crippen LogP contribution in [0.5, 0.6) is 0 Å². The van der Waals surface area contributed by atoms with Gasteiger partial charge in [-0.15, -0.1) is 6.92 Å². The van der Waals surface area contributed by atoms with Gasteiger partial charge in [0.1, 0.15) is 0 Å². The third-order valence-corrected chi connectivity index (χ3v) is 12.3. The van der Waals surface area contributed by atoms with Crippen LogP contribution in [0, 0.1) is 6.08 Å². The zero-order valence-corrected chi connectivity index (χ0v) is 20.4. The summed E-state index contributed by atoms with van der Waals surface area (Å²) in [6, 6.07) is 11.1. The fraction of sp³-hybridized carbons (Fsp3) is 0.474. The molecule has 5 heteroatoms. The molecule has 0 fully saturated rings. The van der Waals surface area contributed by atoms with Crippen molar-refractivity contribution in [1.82, 2.24) is 0 Å². The molecule has 0 aliphatic heterocycles. The van der Waals surface area contributed by atoms with Crippen molar-refractivity contribution in [3.8, 4) is 0 Å². The Morgan fingerprint density at radius 3 is 1.75 bits per heavy atom. The van der Waals surface area contributed by atoms with Gasteiger partial charge in [-0.2, -0.15) is 11.1 Å². The summed E-state index contributed by atoms with van der Waals surface area (Å²) in [5, 5.41) is 1.66. The van der Waals surface area contributed by atoms with Gasteiger partial charge in [-0.05, 0) is 5.54 Å². The van der Waals surface area contributed by atoms with Crippen LogP contribution >= 0.6 is 0 Å². The van der Waals surface area contributed by atoms with Gasteiger partial charge in [0, 0.05) is 0 Å². The van der Waals surface area contributed by atoms with E-state index in [2.05, 4.69) is 84.5 Å². The van der Waals surface area contributed by atoms with E-state index in [1.54, 1.807) is 5.19 Å². The Hall–Kier alpha value is 0.501. The first kappa shape index (κ1) is 29.3. The smallest absolute Gasteiger partial charge is 1.00 e. The molecule has 2 unspecified atom stereocenters. The van der Waals surface area contributed by atoms with Crippen LogP contribution in [-0.4, -0.2) is 8.07 Å². The van der Waals surface area contributed by atoms with Gasteiger partial charge in [0.2, 0.25) is 0 Å². The predicted octanol–water partition coefficient (Wildman–Crippen LogP) is -3.75. The molecule has 0 spiro atoms. The Labute approximate surface area is 183 Å². The summed E-state index contributed by atoms with van der Waals surface area (Å²) in [7, 11) is -1.73. The second-order valence-corrected chi connectivity index (χ2v) is 12.0. The van der Waals surface area contributed by atoms with E-state index in [9.17, 15) is 0 Å². The topological polar surface area (TPSA) is 0 Å². The zero-order chi connectivity index (χ0) is 15.1. The Balaban J connectivity index is -0.00000110. The van der Waals surface area contributed by atoms with Crippen molar-refractivity contribution in [2.45, 2.75) is 58.7 Å². The first-order chi connectivity index (χ1) is 9.25. The van der Waals surface area contributed by atoms with E-state index in [-0.39, 0.29) is 64.0 Å². The summed E-state index contributed by atoms with van der Waals surface area (Å²) in [6.07, 6.45) is 3.85. The van der Waals surface area contributed by atoms with Crippen LogP contribution in [0.25, 0.3) is 0 Å². The van der Waals surface area contributed by atoms with Crippen molar-refractivity contribution in [1.29, 1.82) is 0 Å². The molecule has 2 atom stereocenters. The first-order valence-electron chi connectivity index (χ1n) is 7.60. The summed E-state index contributed by atoms with van der Waals surface area (Å²) in [5.41, 5.74) is 5.00. The van der Waals surface area contributed by atoms with E-state index in [0.717, 1.165) is 0 Å². The van der Waals surface area contributed by atoms with Gasteiger partial charge in [0.05, 0.1) is 8.07 Å². The van der Waals surface area contributed by atoms with E-state index < -0.39 is 8.07 Å². The van der Waals surface area contributed by atoms with E-state index >= 15 is 0 Å². The van der Waals surface area contributed by atoms with Crippen molar-refractivity contribution in [2.24, 2.45) is 0 Å². The minimum absolute atomic E-state index is 0. The number of benzene rings is 1. The van der Waals surface area contributed by atoms with E-state index in [1.165, 1.54) is 16.7 Å². The summed E-state index contributed by atoms with van der Waals surface area (Å²) in [6.45, 7) is 16.5. The maximum Gasteiger partial charge on any atom is 4.00 e. The van der Waals surface area contributed by atoms with Gasteiger partial charge in [0.25, 0.3) is 0 Å². The molecule has 1 aliphatic rings. The van der Waals surface area contributed by atoms with E-state index in [4.69, 9.17) is 0 Å². The zero-order valence-electron chi connectivity index (χ0n) is 15.6. The minimum Gasteiger partial charge on any atom is -1.00 e. The van der Waals surface area contributed by atoms with Crippen LogP contribution in [0.15, 0.2) is 47.1 Å². The predicted molar refractivity (Wildman–Crippen MR) is 92.0 cm³/mol. The number of rotatable bonds is 3. The molecule has 0 radical (unpaired) electrons. The Kier molecular flexibility index (Phi) is 12.9. The quantitative estimate of drug-likeness (QED) is 0.337. The molecule has 0 amide bonds. The number of hydrogen-bond acceptors (Lipinski definition) is 0. The minimum atomic E-state index is -1.73. The third-order valence-electron chi connectivity index (χ3n) is 5.88. The SMILES string of the molecule is CC1=[C-]C(C)([Si](C)(c2ccccc2)C(C)C)C(C)=C1C.[Cl-].[Cl-].[Cl-].[Ti+4]. The van der Waals surface area contributed by atoms with Crippen LogP contribution in [-0.2, 0) is 21.7 Å². The van der Waals surface area contributed by atoms with Gasteiger partial charge < -0.3 is 37.2 Å². The van der Waals surface area contributed by atoms with Gasteiger partial charge in [-0.3, -0.25) is 6.08 Å². The molecule has 132 valence electrons. The molecule has 0 nitrogen and oxygen atoms in total. The molecule has 0 saturated carbocycles. The van der Waals surface area contributed by atoms with Crippen molar-refractivity contribution in [3.63, 3.8) is 0 Å². The van der Waals surface area contributed by atoms with Crippen molar-refractivity contribution in [2.75, 3.05) is 0 Å². The summed E-state index contributed by atoms with van der Waals surface area (Å²) < 4.78 is 0. The molecule has 2 rings (SSSR count). The first-order valence-corrected chi connectivity index (χ1v) is 10.2. The maximum atomic E-state index is 3.85. The van der Waals surface area contributed by atoms with Crippen molar-refractivity contribution >= 4 is 13.3 Å². The summed E-state index contributed by atoms with van der Waals surface area (Å²) >= 11 is 0. The Morgan fingerprint density at radius 1 is 0.958 bits per heavy atom. The monoisotopic (exact) mass is 436 g/mol. The second-order valence-electron chi connectivity index (χ2n) is 6.85. The van der Waals surface area contributed by atoms with E-state index in [1.807, 2.05) is 0 Å². The molecule has 0 N–H and O–H groups in total. The summed E-state index contributed by atoms with van der Waals surface area (Å²) in [5.74, 6) is 0. The molecule has 1 aromatic rings. The molecular formula is C19H27Cl3SiTi. The molecule has 0 saturated heterocycles.